The molecule has 9 heteroatoms. The lowest BCUT2D eigenvalue weighted by atomic mass is 10.2. The molecule has 2 amide bonds. The number of non-ortho nitro benzene ring substituents is 1. The number of H-pyrrole nitrogens is 1. The summed E-state index contributed by atoms with van der Waals surface area (Å²) in [7, 11) is 0. The highest BCUT2D eigenvalue weighted by Gasteiger charge is 2.16. The van der Waals surface area contributed by atoms with Crippen molar-refractivity contribution in [3.8, 4) is 0 Å². The molecule has 0 aliphatic carbocycles. The SMILES string of the molecule is O=C(NNC(=O)c1cc([N+](=O)[O-])ccc1I)c1ccc[nH]1. The van der Waals surface area contributed by atoms with Gasteiger partial charge in [-0.25, -0.2) is 0 Å². The van der Waals surface area contributed by atoms with E-state index in [0.717, 1.165) is 6.07 Å². The molecule has 3 N–H and O–H groups in total. The van der Waals surface area contributed by atoms with Crippen molar-refractivity contribution in [1.82, 2.24) is 15.8 Å². The fraction of sp³-hybridized carbons (Fsp3) is 0. The average molecular weight is 400 g/mol. The second-order valence-electron chi connectivity index (χ2n) is 3.91. The third kappa shape index (κ3) is 3.56. The van der Waals surface area contributed by atoms with Gasteiger partial charge in [0.05, 0.1) is 10.5 Å². The number of hydrazine groups is 1. The molecule has 0 aliphatic rings. The van der Waals surface area contributed by atoms with E-state index in [0.29, 0.717) is 3.57 Å². The number of amides is 2. The molecule has 0 atom stereocenters. The smallest absolute Gasteiger partial charge is 0.286 e. The molecule has 0 saturated heterocycles. The van der Waals surface area contributed by atoms with Crippen LogP contribution >= 0.6 is 22.6 Å². The Morgan fingerprint density at radius 3 is 2.52 bits per heavy atom. The van der Waals surface area contributed by atoms with Gasteiger partial charge in [0, 0.05) is 21.9 Å². The van der Waals surface area contributed by atoms with Gasteiger partial charge in [0.25, 0.3) is 17.5 Å². The fourth-order valence-corrected chi connectivity index (χ4v) is 2.10. The van der Waals surface area contributed by atoms with Crippen molar-refractivity contribution in [3.05, 3.63) is 61.5 Å². The normalized spacial score (nSPS) is 9.95. The second-order valence-corrected chi connectivity index (χ2v) is 5.08. The zero-order valence-electron chi connectivity index (χ0n) is 10.4. The fourth-order valence-electron chi connectivity index (χ4n) is 1.52. The second kappa shape index (κ2) is 6.35. The maximum atomic E-state index is 12.0. The lowest BCUT2D eigenvalue weighted by Gasteiger charge is -2.07. The van der Waals surface area contributed by atoms with Crippen LogP contribution in [0.25, 0.3) is 0 Å². The molecule has 0 spiro atoms. The summed E-state index contributed by atoms with van der Waals surface area (Å²) in [6, 6.07) is 7.09. The van der Waals surface area contributed by atoms with E-state index in [4.69, 9.17) is 0 Å². The number of nitrogens with zero attached hydrogens (tertiary/aromatic N) is 1. The molecular formula is C12H9IN4O4. The molecule has 2 rings (SSSR count). The number of hydrogen-bond donors (Lipinski definition) is 3. The number of nitro groups is 1. The summed E-state index contributed by atoms with van der Waals surface area (Å²) in [5, 5.41) is 10.7. The number of carbonyl (C=O) groups excluding carboxylic acids is 2. The van der Waals surface area contributed by atoms with Crippen molar-refractivity contribution in [3.63, 3.8) is 0 Å². The molecule has 108 valence electrons. The Hall–Kier alpha value is -2.43. The predicted octanol–water partition coefficient (Wildman–Crippen LogP) is 1.60. The Kier molecular flexibility index (Phi) is 4.52. The number of benzene rings is 1. The van der Waals surface area contributed by atoms with Crippen LogP contribution in [0.5, 0.6) is 0 Å². The Bertz CT molecular complexity index is 699. The topological polar surface area (TPSA) is 117 Å². The van der Waals surface area contributed by atoms with E-state index in [1.807, 2.05) is 22.6 Å². The molecule has 1 aromatic heterocycles. The molecular weight excluding hydrogens is 391 g/mol. The third-order valence-corrected chi connectivity index (χ3v) is 3.48. The largest absolute Gasteiger partial charge is 0.357 e. The van der Waals surface area contributed by atoms with Gasteiger partial charge in [0.2, 0.25) is 0 Å². The number of carbonyl (C=O) groups is 2. The Labute approximate surface area is 132 Å². The van der Waals surface area contributed by atoms with Gasteiger partial charge in [-0.05, 0) is 40.8 Å². The van der Waals surface area contributed by atoms with Gasteiger partial charge >= 0.3 is 0 Å². The van der Waals surface area contributed by atoms with Crippen molar-refractivity contribution in [2.24, 2.45) is 0 Å². The standard InChI is InChI=1S/C12H9IN4O4/c13-9-4-3-7(17(20)21)6-8(9)11(18)15-16-12(19)10-2-1-5-14-10/h1-6,14H,(H,15,18)(H,16,19). The molecule has 21 heavy (non-hydrogen) atoms. The van der Waals surface area contributed by atoms with Gasteiger partial charge < -0.3 is 4.98 Å². The summed E-state index contributed by atoms with van der Waals surface area (Å²) in [6.45, 7) is 0. The van der Waals surface area contributed by atoms with Crippen LogP contribution in [0.1, 0.15) is 20.8 Å². The number of aromatic amines is 1. The van der Waals surface area contributed by atoms with E-state index >= 15 is 0 Å². The van der Waals surface area contributed by atoms with Crippen LogP contribution in [0, 0.1) is 13.7 Å². The van der Waals surface area contributed by atoms with E-state index in [2.05, 4.69) is 15.8 Å². The van der Waals surface area contributed by atoms with Crippen LogP contribution in [-0.4, -0.2) is 21.7 Å². The van der Waals surface area contributed by atoms with Crippen molar-refractivity contribution < 1.29 is 14.5 Å². The van der Waals surface area contributed by atoms with Crippen LogP contribution in [0.4, 0.5) is 5.69 Å². The van der Waals surface area contributed by atoms with Gasteiger partial charge in [0.15, 0.2) is 0 Å². The summed E-state index contributed by atoms with van der Waals surface area (Å²) in [6.07, 6.45) is 1.57. The van der Waals surface area contributed by atoms with Gasteiger partial charge in [0.1, 0.15) is 5.69 Å². The quantitative estimate of drug-likeness (QED) is 0.412. The number of halogens is 1. The van der Waals surface area contributed by atoms with E-state index in [-0.39, 0.29) is 16.9 Å². The molecule has 0 unspecified atom stereocenters. The first-order chi connectivity index (χ1) is 9.99. The lowest BCUT2D eigenvalue weighted by Crippen LogP contribution is -2.42. The highest BCUT2D eigenvalue weighted by Crippen LogP contribution is 2.19. The first-order valence-corrected chi connectivity index (χ1v) is 6.75. The summed E-state index contributed by atoms with van der Waals surface area (Å²) in [5.41, 5.74) is 4.62. The van der Waals surface area contributed by atoms with Crippen molar-refractivity contribution in [1.29, 1.82) is 0 Å². The molecule has 0 saturated carbocycles. The summed E-state index contributed by atoms with van der Waals surface area (Å²) >= 11 is 1.88. The van der Waals surface area contributed by atoms with Crippen LogP contribution < -0.4 is 10.9 Å². The highest BCUT2D eigenvalue weighted by molar-refractivity contribution is 14.1. The molecule has 0 fully saturated rings. The molecule has 0 radical (unpaired) electrons. The lowest BCUT2D eigenvalue weighted by molar-refractivity contribution is -0.384. The van der Waals surface area contributed by atoms with Crippen LogP contribution in [0.2, 0.25) is 0 Å². The van der Waals surface area contributed by atoms with Gasteiger partial charge in [-0.3, -0.25) is 30.6 Å². The molecule has 8 nitrogen and oxygen atoms in total. The van der Waals surface area contributed by atoms with E-state index in [1.165, 1.54) is 12.1 Å². The van der Waals surface area contributed by atoms with E-state index in [9.17, 15) is 19.7 Å². The van der Waals surface area contributed by atoms with E-state index < -0.39 is 16.7 Å². The predicted molar refractivity (Wildman–Crippen MR) is 81.5 cm³/mol. The average Bonchev–Trinajstić information content (AvgIpc) is 2.98. The molecule has 0 aliphatic heterocycles. The monoisotopic (exact) mass is 400 g/mol. The number of nitrogens with one attached hydrogen (secondary N) is 3. The van der Waals surface area contributed by atoms with Crippen molar-refractivity contribution >= 4 is 40.1 Å². The van der Waals surface area contributed by atoms with Gasteiger partial charge in [-0.15, -0.1) is 0 Å². The number of nitro benzene ring substituents is 1. The van der Waals surface area contributed by atoms with Gasteiger partial charge in [-0.2, -0.15) is 0 Å². The zero-order chi connectivity index (χ0) is 15.4. The minimum atomic E-state index is -0.636. The Morgan fingerprint density at radius 1 is 1.19 bits per heavy atom. The van der Waals surface area contributed by atoms with E-state index in [1.54, 1.807) is 18.3 Å². The maximum Gasteiger partial charge on any atom is 0.286 e. The minimum Gasteiger partial charge on any atom is -0.357 e. The molecule has 1 heterocycles. The molecule has 2 aromatic rings. The number of rotatable bonds is 3. The first kappa shape index (κ1) is 15.0. The Morgan fingerprint density at radius 2 is 1.90 bits per heavy atom. The third-order valence-electron chi connectivity index (χ3n) is 2.54. The minimum absolute atomic E-state index is 0.108. The van der Waals surface area contributed by atoms with Crippen LogP contribution in [0.3, 0.4) is 0 Å². The zero-order valence-corrected chi connectivity index (χ0v) is 12.6. The summed E-state index contributed by atoms with van der Waals surface area (Å²) < 4.78 is 0.532. The summed E-state index contributed by atoms with van der Waals surface area (Å²) in [4.78, 5) is 36.4. The Balaban J connectivity index is 2.08. The van der Waals surface area contributed by atoms with Crippen LogP contribution in [-0.2, 0) is 0 Å². The highest BCUT2D eigenvalue weighted by atomic mass is 127. The maximum absolute atomic E-state index is 12.0. The number of aromatic nitrogens is 1. The van der Waals surface area contributed by atoms with Crippen molar-refractivity contribution in [2.45, 2.75) is 0 Å². The molecule has 1 aromatic carbocycles. The van der Waals surface area contributed by atoms with Crippen molar-refractivity contribution in [2.75, 3.05) is 0 Å². The number of hydrogen-bond acceptors (Lipinski definition) is 4. The van der Waals surface area contributed by atoms with Gasteiger partial charge in [-0.1, -0.05) is 0 Å². The summed E-state index contributed by atoms with van der Waals surface area (Å²) in [5.74, 6) is -1.16. The van der Waals surface area contributed by atoms with Crippen LogP contribution in [0.15, 0.2) is 36.5 Å². The molecule has 0 bridgehead atoms. The first-order valence-electron chi connectivity index (χ1n) is 5.67.